The van der Waals surface area contributed by atoms with Gasteiger partial charge >= 0.3 is 0 Å². The predicted octanol–water partition coefficient (Wildman–Crippen LogP) is 2.46. The SMILES string of the molecule is COCCCNCCCN1C(=O)C2(COc3cc4c(cc32)OCO4)c2ccccc21. The van der Waals surface area contributed by atoms with Crippen LogP contribution in [0, 0.1) is 0 Å². The lowest BCUT2D eigenvalue weighted by molar-refractivity contribution is -0.122. The number of methoxy groups -OCH3 is 1. The number of fused-ring (bicyclic) bond motifs is 5. The van der Waals surface area contributed by atoms with Gasteiger partial charge < -0.3 is 29.2 Å². The number of hydrogen-bond donors (Lipinski definition) is 1. The molecule has 1 N–H and O–H groups in total. The highest BCUT2D eigenvalue weighted by molar-refractivity contribution is 6.11. The van der Waals surface area contributed by atoms with Gasteiger partial charge in [-0.2, -0.15) is 0 Å². The summed E-state index contributed by atoms with van der Waals surface area (Å²) in [5, 5.41) is 3.41. The minimum Gasteiger partial charge on any atom is -0.491 e. The molecule has 1 amide bonds. The fraction of sp³-hybridized carbons (Fsp3) is 0.435. The maximum Gasteiger partial charge on any atom is 0.245 e. The molecule has 5 rings (SSSR count). The zero-order chi connectivity index (χ0) is 20.6. The first-order valence-electron chi connectivity index (χ1n) is 10.4. The first kappa shape index (κ1) is 19.2. The van der Waals surface area contributed by atoms with E-state index in [9.17, 15) is 4.79 Å². The number of para-hydroxylation sites is 1. The minimum atomic E-state index is -0.821. The van der Waals surface area contributed by atoms with Gasteiger partial charge in [-0.25, -0.2) is 0 Å². The van der Waals surface area contributed by atoms with Crippen LogP contribution >= 0.6 is 0 Å². The monoisotopic (exact) mass is 410 g/mol. The van der Waals surface area contributed by atoms with Gasteiger partial charge in [-0.3, -0.25) is 4.79 Å². The molecule has 158 valence electrons. The molecule has 0 saturated heterocycles. The lowest BCUT2D eigenvalue weighted by atomic mass is 9.77. The van der Waals surface area contributed by atoms with E-state index in [4.69, 9.17) is 18.9 Å². The number of anilines is 1. The van der Waals surface area contributed by atoms with Gasteiger partial charge in [0.1, 0.15) is 17.8 Å². The van der Waals surface area contributed by atoms with E-state index in [0.717, 1.165) is 49.4 Å². The highest BCUT2D eigenvalue weighted by atomic mass is 16.7. The molecule has 1 unspecified atom stereocenters. The van der Waals surface area contributed by atoms with Gasteiger partial charge in [0.25, 0.3) is 0 Å². The average molecular weight is 410 g/mol. The van der Waals surface area contributed by atoms with Crippen LogP contribution in [-0.4, -0.2) is 52.7 Å². The number of benzene rings is 2. The Hall–Kier alpha value is -2.77. The van der Waals surface area contributed by atoms with Gasteiger partial charge in [0, 0.05) is 37.6 Å². The van der Waals surface area contributed by atoms with Crippen LogP contribution in [0.4, 0.5) is 5.69 Å². The van der Waals surface area contributed by atoms with Gasteiger partial charge in [0.15, 0.2) is 11.5 Å². The number of carbonyl (C=O) groups is 1. The molecule has 0 fully saturated rings. The third kappa shape index (κ3) is 2.92. The maximum atomic E-state index is 13.8. The number of ether oxygens (including phenoxy) is 4. The number of amides is 1. The van der Waals surface area contributed by atoms with E-state index >= 15 is 0 Å². The Morgan fingerprint density at radius 2 is 1.83 bits per heavy atom. The molecule has 2 aromatic carbocycles. The molecule has 0 radical (unpaired) electrons. The molecule has 30 heavy (non-hydrogen) atoms. The van der Waals surface area contributed by atoms with Crippen molar-refractivity contribution in [2.45, 2.75) is 18.3 Å². The Bertz CT molecular complexity index is 963. The third-order valence-corrected chi connectivity index (χ3v) is 6.08. The van der Waals surface area contributed by atoms with Crippen molar-refractivity contribution in [3.8, 4) is 17.2 Å². The Labute approximate surface area is 175 Å². The van der Waals surface area contributed by atoms with Crippen molar-refractivity contribution in [1.29, 1.82) is 0 Å². The van der Waals surface area contributed by atoms with Crippen LogP contribution in [0.3, 0.4) is 0 Å². The summed E-state index contributed by atoms with van der Waals surface area (Å²) in [5.41, 5.74) is 2.01. The summed E-state index contributed by atoms with van der Waals surface area (Å²) in [6.45, 7) is 3.68. The number of rotatable bonds is 8. The molecule has 7 nitrogen and oxygen atoms in total. The summed E-state index contributed by atoms with van der Waals surface area (Å²) in [6.07, 6.45) is 1.85. The van der Waals surface area contributed by atoms with E-state index < -0.39 is 5.41 Å². The summed E-state index contributed by atoms with van der Waals surface area (Å²) in [6, 6.07) is 11.8. The molecule has 1 atom stereocenters. The number of carbonyl (C=O) groups excluding carboxylic acids is 1. The van der Waals surface area contributed by atoms with E-state index in [1.807, 2.05) is 41.3 Å². The second kappa shape index (κ2) is 7.81. The lowest BCUT2D eigenvalue weighted by Crippen LogP contribution is -2.43. The summed E-state index contributed by atoms with van der Waals surface area (Å²) < 4.78 is 22.1. The van der Waals surface area contributed by atoms with E-state index in [1.165, 1.54) is 0 Å². The van der Waals surface area contributed by atoms with Crippen LogP contribution < -0.4 is 24.4 Å². The zero-order valence-corrected chi connectivity index (χ0v) is 17.1. The Balaban J connectivity index is 1.39. The topological polar surface area (TPSA) is 69.3 Å². The summed E-state index contributed by atoms with van der Waals surface area (Å²) in [7, 11) is 1.71. The minimum absolute atomic E-state index is 0.0701. The second-order valence-electron chi connectivity index (χ2n) is 7.82. The molecule has 3 heterocycles. The molecule has 3 aliphatic rings. The van der Waals surface area contributed by atoms with Crippen molar-refractivity contribution >= 4 is 11.6 Å². The smallest absolute Gasteiger partial charge is 0.245 e. The van der Waals surface area contributed by atoms with Crippen molar-refractivity contribution in [1.82, 2.24) is 5.32 Å². The molecule has 7 heteroatoms. The summed E-state index contributed by atoms with van der Waals surface area (Å²) in [4.78, 5) is 15.7. The largest absolute Gasteiger partial charge is 0.491 e. The molecule has 1 spiro atoms. The van der Waals surface area contributed by atoms with Gasteiger partial charge in [0.05, 0.1) is 0 Å². The third-order valence-electron chi connectivity index (χ3n) is 6.08. The van der Waals surface area contributed by atoms with Gasteiger partial charge in [-0.15, -0.1) is 0 Å². The summed E-state index contributed by atoms with van der Waals surface area (Å²) >= 11 is 0. The van der Waals surface area contributed by atoms with Crippen molar-refractivity contribution in [2.75, 3.05) is 51.7 Å². The van der Waals surface area contributed by atoms with E-state index in [-0.39, 0.29) is 12.7 Å². The molecule has 2 aromatic rings. The Morgan fingerprint density at radius 1 is 1.03 bits per heavy atom. The van der Waals surface area contributed by atoms with Crippen LogP contribution in [0.15, 0.2) is 36.4 Å². The van der Waals surface area contributed by atoms with Crippen molar-refractivity contribution in [2.24, 2.45) is 0 Å². The first-order valence-corrected chi connectivity index (χ1v) is 10.4. The average Bonchev–Trinajstić information content (AvgIpc) is 3.44. The molecule has 0 aliphatic carbocycles. The second-order valence-corrected chi connectivity index (χ2v) is 7.82. The van der Waals surface area contributed by atoms with Gasteiger partial charge in [-0.1, -0.05) is 18.2 Å². The van der Waals surface area contributed by atoms with Crippen molar-refractivity contribution in [3.63, 3.8) is 0 Å². The quantitative estimate of drug-likeness (QED) is 0.675. The molecular weight excluding hydrogens is 384 g/mol. The number of nitrogens with one attached hydrogen (secondary N) is 1. The number of nitrogens with zero attached hydrogens (tertiary/aromatic N) is 1. The van der Waals surface area contributed by atoms with Crippen LogP contribution in [0.2, 0.25) is 0 Å². The van der Waals surface area contributed by atoms with Crippen LogP contribution in [0.25, 0.3) is 0 Å². The number of hydrogen-bond acceptors (Lipinski definition) is 6. The molecular formula is C23H26N2O5. The maximum absolute atomic E-state index is 13.8. The fourth-order valence-electron chi connectivity index (χ4n) is 4.62. The summed E-state index contributed by atoms with van der Waals surface area (Å²) in [5.74, 6) is 2.10. The van der Waals surface area contributed by atoms with Crippen molar-refractivity contribution < 1.29 is 23.7 Å². The highest BCUT2D eigenvalue weighted by Gasteiger charge is 2.57. The molecule has 3 aliphatic heterocycles. The Kier molecular flexibility index (Phi) is 5.00. The van der Waals surface area contributed by atoms with Crippen molar-refractivity contribution in [3.05, 3.63) is 47.5 Å². The molecule has 0 aromatic heterocycles. The normalized spacial score (nSPS) is 20.6. The zero-order valence-electron chi connectivity index (χ0n) is 17.1. The standard InChI is InChI=1S/C23H26N2O5/c1-27-11-5-9-24-8-4-10-25-18-7-3-2-6-16(18)23(22(25)26)14-28-19-13-21-20(12-17(19)23)29-15-30-21/h2-3,6-7,12-13,24H,4-5,8-11,14-15H2,1H3. The van der Waals surface area contributed by atoms with Crippen LogP contribution in [0.5, 0.6) is 17.2 Å². The van der Waals surface area contributed by atoms with Crippen LogP contribution in [0.1, 0.15) is 24.0 Å². The Morgan fingerprint density at radius 3 is 2.70 bits per heavy atom. The molecule has 0 saturated carbocycles. The predicted molar refractivity (Wildman–Crippen MR) is 112 cm³/mol. The van der Waals surface area contributed by atoms with Crippen LogP contribution in [-0.2, 0) is 14.9 Å². The highest BCUT2D eigenvalue weighted by Crippen LogP contribution is 2.54. The fourth-order valence-corrected chi connectivity index (χ4v) is 4.62. The molecule has 0 bridgehead atoms. The van der Waals surface area contributed by atoms with Gasteiger partial charge in [-0.05, 0) is 43.6 Å². The first-order chi connectivity index (χ1) is 14.8. The van der Waals surface area contributed by atoms with E-state index in [2.05, 4.69) is 5.32 Å². The lowest BCUT2D eigenvalue weighted by Gasteiger charge is -2.23. The van der Waals surface area contributed by atoms with E-state index in [1.54, 1.807) is 7.11 Å². The van der Waals surface area contributed by atoms with E-state index in [0.29, 0.717) is 30.4 Å². The van der Waals surface area contributed by atoms with Gasteiger partial charge in [0.2, 0.25) is 12.7 Å².